The van der Waals surface area contributed by atoms with Gasteiger partial charge in [0.15, 0.2) is 5.78 Å². The average molecular weight is 446 g/mol. The van der Waals surface area contributed by atoms with Gasteiger partial charge in [-0.3, -0.25) is 9.59 Å². The zero-order valence-corrected chi connectivity index (χ0v) is 18.9. The van der Waals surface area contributed by atoms with E-state index >= 15 is 0 Å². The summed E-state index contributed by atoms with van der Waals surface area (Å²) in [6.45, 7) is 6.35. The number of amides is 1. The quantitative estimate of drug-likeness (QED) is 0.723. The lowest BCUT2D eigenvalue weighted by atomic mass is 9.75. The fraction of sp³-hybridized carbons (Fsp3) is 0.476. The molecule has 1 aromatic heterocycles. The summed E-state index contributed by atoms with van der Waals surface area (Å²) in [7, 11) is -3.36. The van der Waals surface area contributed by atoms with Crippen LogP contribution < -0.4 is 11.1 Å². The molecule has 1 aliphatic carbocycles. The summed E-state index contributed by atoms with van der Waals surface area (Å²) in [5.74, 6) is -0.533. The molecule has 9 nitrogen and oxygen atoms in total. The number of hydrogen-bond donors (Lipinski definition) is 2. The van der Waals surface area contributed by atoms with E-state index in [4.69, 9.17) is 5.73 Å². The molecule has 1 amide bonds. The number of nitrogens with one attached hydrogen (secondary N) is 1. The van der Waals surface area contributed by atoms with E-state index in [0.29, 0.717) is 48.4 Å². The zero-order valence-electron chi connectivity index (χ0n) is 18.1. The molecule has 10 heteroatoms. The summed E-state index contributed by atoms with van der Waals surface area (Å²) in [4.78, 5) is 24.7. The molecule has 1 atom stereocenters. The van der Waals surface area contributed by atoms with Gasteiger partial charge in [0.05, 0.1) is 46.3 Å². The molecule has 0 saturated carbocycles. The van der Waals surface area contributed by atoms with Crippen LogP contribution in [0.4, 0.5) is 5.69 Å². The zero-order chi connectivity index (χ0) is 22.7. The molecule has 2 aliphatic rings. The second-order valence-electron chi connectivity index (χ2n) is 9.18. The number of primary amides is 1. The molecule has 3 N–H and O–H groups in total. The minimum atomic E-state index is -3.36. The topological polar surface area (TPSA) is 127 Å². The number of Topliss-reactive ketones (excluding diaryl/α,β-unsaturated/α-hetero) is 1. The van der Waals surface area contributed by atoms with E-state index in [1.54, 1.807) is 22.9 Å². The van der Waals surface area contributed by atoms with Crippen LogP contribution in [0, 0.1) is 12.3 Å². The summed E-state index contributed by atoms with van der Waals surface area (Å²) in [6, 6.07) is 5.07. The van der Waals surface area contributed by atoms with Crippen LogP contribution in [0.5, 0.6) is 0 Å². The Balaban J connectivity index is 1.77. The van der Waals surface area contributed by atoms with Crippen LogP contribution in [-0.4, -0.2) is 53.2 Å². The summed E-state index contributed by atoms with van der Waals surface area (Å²) < 4.78 is 26.9. The van der Waals surface area contributed by atoms with Crippen molar-refractivity contribution in [2.45, 2.75) is 46.2 Å². The minimum absolute atomic E-state index is 0.0837. The molecule has 1 fully saturated rings. The van der Waals surface area contributed by atoms with Gasteiger partial charge >= 0.3 is 0 Å². The number of rotatable bonds is 5. The highest BCUT2D eigenvalue weighted by atomic mass is 32.2. The SMILES string of the molecule is Cc1nn(-c2ccc(C(N)=O)c(NC3CCN3S(C)(=O)=O)c2)c2c1C(=O)CC(C)(C)C2. The van der Waals surface area contributed by atoms with Crippen LogP contribution in [0.25, 0.3) is 5.69 Å². The fourth-order valence-electron chi connectivity index (χ4n) is 4.44. The van der Waals surface area contributed by atoms with Gasteiger partial charge in [-0.25, -0.2) is 13.1 Å². The first-order valence-corrected chi connectivity index (χ1v) is 12.0. The molecule has 0 bridgehead atoms. The lowest BCUT2D eigenvalue weighted by Crippen LogP contribution is -2.54. The van der Waals surface area contributed by atoms with Gasteiger partial charge in [0.1, 0.15) is 0 Å². The second-order valence-corrected chi connectivity index (χ2v) is 11.1. The largest absolute Gasteiger partial charge is 0.368 e. The Hall–Kier alpha value is -2.72. The number of aryl methyl sites for hydroxylation is 1. The number of aromatic nitrogens is 2. The van der Waals surface area contributed by atoms with Gasteiger partial charge in [-0.15, -0.1) is 0 Å². The van der Waals surface area contributed by atoms with E-state index in [9.17, 15) is 18.0 Å². The van der Waals surface area contributed by atoms with Gasteiger partial charge in [-0.1, -0.05) is 13.8 Å². The lowest BCUT2D eigenvalue weighted by molar-refractivity contribution is 0.0909. The molecule has 166 valence electrons. The summed E-state index contributed by atoms with van der Waals surface area (Å²) in [5, 5.41) is 7.75. The smallest absolute Gasteiger partial charge is 0.250 e. The second kappa shape index (κ2) is 7.16. The Bertz CT molecular complexity index is 1200. The van der Waals surface area contributed by atoms with Crippen molar-refractivity contribution in [2.24, 2.45) is 11.1 Å². The Morgan fingerprint density at radius 1 is 1.29 bits per heavy atom. The maximum atomic E-state index is 12.7. The van der Waals surface area contributed by atoms with E-state index in [0.717, 1.165) is 11.9 Å². The van der Waals surface area contributed by atoms with Crippen molar-refractivity contribution < 1.29 is 18.0 Å². The van der Waals surface area contributed by atoms with Crippen molar-refractivity contribution in [1.29, 1.82) is 0 Å². The number of anilines is 1. The van der Waals surface area contributed by atoms with E-state index in [-0.39, 0.29) is 16.8 Å². The fourth-order valence-corrected chi connectivity index (χ4v) is 5.49. The van der Waals surface area contributed by atoms with Gasteiger partial charge < -0.3 is 11.1 Å². The maximum absolute atomic E-state index is 12.7. The van der Waals surface area contributed by atoms with Gasteiger partial charge in [0.2, 0.25) is 10.0 Å². The molecule has 2 aromatic rings. The lowest BCUT2D eigenvalue weighted by Gasteiger charge is -2.39. The van der Waals surface area contributed by atoms with Crippen molar-refractivity contribution in [3.05, 3.63) is 40.7 Å². The predicted octanol–water partition coefficient (Wildman–Crippen LogP) is 1.84. The van der Waals surface area contributed by atoms with Crippen LogP contribution in [0.3, 0.4) is 0 Å². The Morgan fingerprint density at radius 2 is 2.00 bits per heavy atom. The summed E-state index contributed by atoms with van der Waals surface area (Å²) >= 11 is 0. The standard InChI is InChI=1S/C21H27N5O4S/c1-12-19-16(10-21(2,3)11-17(19)27)26(24-12)13-5-6-14(20(22)28)15(9-13)23-18-7-8-25(18)31(4,29)30/h5-6,9,18,23H,7-8,10-11H2,1-4H3,(H2,22,28). The first kappa shape index (κ1) is 21.5. The number of nitrogens with zero attached hydrogens (tertiary/aromatic N) is 3. The summed E-state index contributed by atoms with van der Waals surface area (Å²) in [6.07, 6.45) is 2.50. The van der Waals surface area contributed by atoms with Crippen LogP contribution in [-0.2, 0) is 16.4 Å². The van der Waals surface area contributed by atoms with Crippen molar-refractivity contribution in [2.75, 3.05) is 18.1 Å². The molecule has 2 heterocycles. The highest BCUT2D eigenvalue weighted by molar-refractivity contribution is 7.88. The number of fused-ring (bicyclic) bond motifs is 1. The minimum Gasteiger partial charge on any atom is -0.368 e. The van der Waals surface area contributed by atoms with Crippen molar-refractivity contribution >= 4 is 27.4 Å². The average Bonchev–Trinajstić information content (AvgIpc) is 2.92. The maximum Gasteiger partial charge on any atom is 0.250 e. The molecule has 1 aromatic carbocycles. The van der Waals surface area contributed by atoms with Crippen molar-refractivity contribution in [1.82, 2.24) is 14.1 Å². The van der Waals surface area contributed by atoms with Gasteiger partial charge in [-0.2, -0.15) is 9.40 Å². The number of hydrogen-bond acceptors (Lipinski definition) is 6. The van der Waals surface area contributed by atoms with Crippen LogP contribution in [0.15, 0.2) is 18.2 Å². The predicted molar refractivity (Wildman–Crippen MR) is 117 cm³/mol. The van der Waals surface area contributed by atoms with Gasteiger partial charge in [0.25, 0.3) is 5.91 Å². The molecular formula is C21H27N5O4S. The first-order chi connectivity index (χ1) is 14.4. The normalized spacial score (nSPS) is 20.8. The highest BCUT2D eigenvalue weighted by Gasteiger charge is 2.37. The molecule has 1 aliphatic heterocycles. The molecule has 4 rings (SSSR count). The highest BCUT2D eigenvalue weighted by Crippen LogP contribution is 2.37. The Kier molecular flexibility index (Phi) is 4.97. The van der Waals surface area contributed by atoms with Crippen molar-refractivity contribution in [3.63, 3.8) is 0 Å². The van der Waals surface area contributed by atoms with Gasteiger partial charge in [-0.05, 0) is 43.4 Å². The Morgan fingerprint density at radius 3 is 2.58 bits per heavy atom. The number of sulfonamides is 1. The third-order valence-corrected chi connectivity index (χ3v) is 7.24. The van der Waals surface area contributed by atoms with Crippen LogP contribution in [0.2, 0.25) is 0 Å². The summed E-state index contributed by atoms with van der Waals surface area (Å²) in [5.41, 5.74) is 8.93. The number of benzene rings is 1. The number of ketones is 1. The molecule has 0 radical (unpaired) electrons. The number of carbonyl (C=O) groups excluding carboxylic acids is 2. The van der Waals surface area contributed by atoms with E-state index < -0.39 is 22.1 Å². The van der Waals surface area contributed by atoms with Gasteiger partial charge in [0, 0.05) is 13.0 Å². The van der Waals surface area contributed by atoms with Crippen LogP contribution >= 0.6 is 0 Å². The third-order valence-electron chi connectivity index (χ3n) is 5.95. The molecule has 1 saturated heterocycles. The first-order valence-electron chi connectivity index (χ1n) is 10.2. The number of carbonyl (C=O) groups is 2. The monoisotopic (exact) mass is 445 g/mol. The number of nitrogens with two attached hydrogens (primary N) is 1. The molecule has 31 heavy (non-hydrogen) atoms. The molecule has 1 unspecified atom stereocenters. The van der Waals surface area contributed by atoms with E-state index in [1.807, 2.05) is 6.92 Å². The van der Waals surface area contributed by atoms with E-state index in [2.05, 4.69) is 24.3 Å². The van der Waals surface area contributed by atoms with E-state index in [1.165, 1.54) is 4.31 Å². The van der Waals surface area contributed by atoms with Crippen LogP contribution in [0.1, 0.15) is 58.8 Å². The molecular weight excluding hydrogens is 418 g/mol. The Labute approximate surface area is 181 Å². The molecule has 0 spiro atoms. The third kappa shape index (κ3) is 3.85. The van der Waals surface area contributed by atoms with Crippen molar-refractivity contribution in [3.8, 4) is 5.69 Å².